The SMILES string of the molecule is O=C(CO[C@H]1CCOC1)OCc1cccc(C(F)(F)F)c1. The molecule has 0 aromatic heterocycles. The Morgan fingerprint density at radius 3 is 2.86 bits per heavy atom. The van der Waals surface area contributed by atoms with Crippen LogP contribution in [0.2, 0.25) is 0 Å². The van der Waals surface area contributed by atoms with Crippen LogP contribution < -0.4 is 0 Å². The molecule has 0 aliphatic carbocycles. The van der Waals surface area contributed by atoms with Gasteiger partial charge in [-0.1, -0.05) is 12.1 Å². The quantitative estimate of drug-likeness (QED) is 0.784. The molecule has 0 amide bonds. The number of hydrogen-bond donors (Lipinski definition) is 0. The second-order valence-electron chi connectivity index (χ2n) is 4.66. The highest BCUT2D eigenvalue weighted by Gasteiger charge is 2.30. The van der Waals surface area contributed by atoms with Crippen molar-refractivity contribution < 1.29 is 32.2 Å². The summed E-state index contributed by atoms with van der Waals surface area (Å²) in [6, 6.07) is 4.67. The van der Waals surface area contributed by atoms with Crippen LogP contribution in [0.3, 0.4) is 0 Å². The van der Waals surface area contributed by atoms with Gasteiger partial charge in [0.2, 0.25) is 0 Å². The van der Waals surface area contributed by atoms with E-state index in [1.807, 2.05) is 0 Å². The lowest BCUT2D eigenvalue weighted by Gasteiger charge is -2.11. The molecule has 0 N–H and O–H groups in total. The Labute approximate surface area is 119 Å². The number of carbonyl (C=O) groups excluding carboxylic acids is 1. The zero-order chi connectivity index (χ0) is 15.3. The van der Waals surface area contributed by atoms with Gasteiger partial charge in [-0.2, -0.15) is 13.2 Å². The zero-order valence-corrected chi connectivity index (χ0v) is 11.2. The van der Waals surface area contributed by atoms with E-state index in [0.717, 1.165) is 18.6 Å². The second kappa shape index (κ2) is 6.91. The van der Waals surface area contributed by atoms with E-state index in [9.17, 15) is 18.0 Å². The summed E-state index contributed by atoms with van der Waals surface area (Å²) in [5.41, 5.74) is -0.488. The van der Waals surface area contributed by atoms with E-state index in [1.165, 1.54) is 12.1 Å². The van der Waals surface area contributed by atoms with Crippen molar-refractivity contribution in [3.8, 4) is 0 Å². The molecule has 1 aromatic carbocycles. The maximum absolute atomic E-state index is 12.5. The highest BCUT2D eigenvalue weighted by Crippen LogP contribution is 2.29. The summed E-state index contributed by atoms with van der Waals surface area (Å²) in [5, 5.41) is 0. The van der Waals surface area contributed by atoms with E-state index in [1.54, 1.807) is 0 Å². The van der Waals surface area contributed by atoms with Gasteiger partial charge in [-0.15, -0.1) is 0 Å². The number of benzene rings is 1. The molecule has 2 rings (SSSR count). The molecular formula is C14H15F3O4. The largest absolute Gasteiger partial charge is 0.459 e. The number of alkyl halides is 3. The second-order valence-corrected chi connectivity index (χ2v) is 4.66. The highest BCUT2D eigenvalue weighted by molar-refractivity contribution is 5.70. The Balaban J connectivity index is 1.78. The van der Waals surface area contributed by atoms with Gasteiger partial charge >= 0.3 is 12.1 Å². The lowest BCUT2D eigenvalue weighted by molar-refractivity contribution is -0.152. The summed E-state index contributed by atoms with van der Waals surface area (Å²) in [4.78, 5) is 11.4. The van der Waals surface area contributed by atoms with Gasteiger partial charge < -0.3 is 14.2 Å². The molecule has 4 nitrogen and oxygen atoms in total. The van der Waals surface area contributed by atoms with Crippen LogP contribution >= 0.6 is 0 Å². The number of ether oxygens (including phenoxy) is 3. The van der Waals surface area contributed by atoms with Gasteiger partial charge in [0, 0.05) is 6.61 Å². The van der Waals surface area contributed by atoms with Crippen molar-refractivity contribution in [2.24, 2.45) is 0 Å². The molecule has 1 aliphatic heterocycles. The fraction of sp³-hybridized carbons (Fsp3) is 0.500. The van der Waals surface area contributed by atoms with Crippen LogP contribution in [-0.4, -0.2) is 31.9 Å². The topological polar surface area (TPSA) is 44.8 Å². The minimum Gasteiger partial charge on any atom is -0.459 e. The van der Waals surface area contributed by atoms with E-state index < -0.39 is 17.7 Å². The first-order chi connectivity index (χ1) is 9.95. The number of hydrogen-bond acceptors (Lipinski definition) is 4. The van der Waals surface area contributed by atoms with Crippen LogP contribution in [-0.2, 0) is 31.8 Å². The Hall–Kier alpha value is -1.60. The van der Waals surface area contributed by atoms with Crippen molar-refractivity contribution in [1.82, 2.24) is 0 Å². The van der Waals surface area contributed by atoms with Crippen molar-refractivity contribution in [2.75, 3.05) is 19.8 Å². The maximum atomic E-state index is 12.5. The number of halogens is 3. The predicted octanol–water partition coefficient (Wildman–Crippen LogP) is 2.55. The van der Waals surface area contributed by atoms with Crippen LogP contribution in [0.5, 0.6) is 0 Å². The summed E-state index contributed by atoms with van der Waals surface area (Å²) in [5.74, 6) is -0.612. The van der Waals surface area contributed by atoms with Crippen molar-refractivity contribution in [2.45, 2.75) is 25.3 Å². The Morgan fingerprint density at radius 2 is 2.19 bits per heavy atom. The minimum atomic E-state index is -4.41. The Bertz CT molecular complexity index is 481. The van der Waals surface area contributed by atoms with Gasteiger partial charge in [-0.25, -0.2) is 4.79 Å². The molecule has 1 aromatic rings. The first kappa shape index (κ1) is 15.8. The summed E-state index contributed by atoms with van der Waals surface area (Å²) in [7, 11) is 0. The maximum Gasteiger partial charge on any atom is 0.416 e. The highest BCUT2D eigenvalue weighted by atomic mass is 19.4. The first-order valence-electron chi connectivity index (χ1n) is 6.46. The third-order valence-electron chi connectivity index (χ3n) is 2.98. The molecule has 1 saturated heterocycles. The smallest absolute Gasteiger partial charge is 0.416 e. The monoisotopic (exact) mass is 304 g/mol. The lowest BCUT2D eigenvalue weighted by atomic mass is 10.1. The molecule has 21 heavy (non-hydrogen) atoms. The van der Waals surface area contributed by atoms with Gasteiger partial charge in [-0.05, 0) is 24.1 Å². The molecule has 0 spiro atoms. The molecule has 1 atom stereocenters. The van der Waals surface area contributed by atoms with Gasteiger partial charge in [0.05, 0.1) is 18.3 Å². The van der Waals surface area contributed by atoms with Crippen LogP contribution in [0.4, 0.5) is 13.2 Å². The van der Waals surface area contributed by atoms with Crippen molar-refractivity contribution in [1.29, 1.82) is 0 Å². The number of rotatable bonds is 5. The van der Waals surface area contributed by atoms with Crippen LogP contribution in [0.25, 0.3) is 0 Å². The summed E-state index contributed by atoms with van der Waals surface area (Å²) < 4.78 is 52.8. The van der Waals surface area contributed by atoms with Gasteiger partial charge in [0.25, 0.3) is 0 Å². The standard InChI is InChI=1S/C14H15F3O4/c15-14(16,17)11-3-1-2-10(6-11)7-21-13(18)9-20-12-4-5-19-8-12/h1-3,6,12H,4-5,7-9H2/t12-/m0/s1. The molecule has 7 heteroatoms. The number of esters is 1. The predicted molar refractivity (Wildman–Crippen MR) is 66.4 cm³/mol. The Morgan fingerprint density at radius 1 is 1.38 bits per heavy atom. The van der Waals surface area contributed by atoms with E-state index in [0.29, 0.717) is 13.2 Å². The average molecular weight is 304 g/mol. The molecule has 1 heterocycles. The van der Waals surface area contributed by atoms with E-state index in [4.69, 9.17) is 14.2 Å². The zero-order valence-electron chi connectivity index (χ0n) is 11.2. The van der Waals surface area contributed by atoms with Crippen molar-refractivity contribution in [3.05, 3.63) is 35.4 Å². The van der Waals surface area contributed by atoms with E-state index in [2.05, 4.69) is 0 Å². The first-order valence-corrected chi connectivity index (χ1v) is 6.46. The third-order valence-corrected chi connectivity index (χ3v) is 2.98. The molecular weight excluding hydrogens is 289 g/mol. The summed E-state index contributed by atoms with van der Waals surface area (Å²) in [6.45, 7) is 0.602. The lowest BCUT2D eigenvalue weighted by Crippen LogP contribution is -2.20. The molecule has 0 radical (unpaired) electrons. The summed E-state index contributed by atoms with van der Waals surface area (Å²) >= 11 is 0. The van der Waals surface area contributed by atoms with Gasteiger partial charge in [0.15, 0.2) is 0 Å². The van der Waals surface area contributed by atoms with Crippen molar-refractivity contribution >= 4 is 5.97 Å². The minimum absolute atomic E-state index is 0.119. The molecule has 1 aliphatic rings. The third kappa shape index (κ3) is 5.02. The van der Waals surface area contributed by atoms with E-state index >= 15 is 0 Å². The normalized spacial score (nSPS) is 18.7. The molecule has 0 unspecified atom stereocenters. The van der Waals surface area contributed by atoms with E-state index in [-0.39, 0.29) is 24.9 Å². The molecule has 116 valence electrons. The molecule has 1 fully saturated rings. The van der Waals surface area contributed by atoms with Gasteiger partial charge in [-0.3, -0.25) is 0 Å². The summed E-state index contributed by atoms with van der Waals surface area (Å²) in [6.07, 6.45) is -3.81. The van der Waals surface area contributed by atoms with Crippen LogP contribution in [0, 0.1) is 0 Å². The average Bonchev–Trinajstić information content (AvgIpc) is 2.95. The number of carbonyl (C=O) groups is 1. The van der Waals surface area contributed by atoms with Crippen LogP contribution in [0.15, 0.2) is 24.3 Å². The Kier molecular flexibility index (Phi) is 5.19. The molecule has 0 saturated carbocycles. The van der Waals surface area contributed by atoms with Crippen molar-refractivity contribution in [3.63, 3.8) is 0 Å². The molecule has 0 bridgehead atoms. The van der Waals surface area contributed by atoms with Crippen LogP contribution in [0.1, 0.15) is 17.5 Å². The fourth-order valence-electron chi connectivity index (χ4n) is 1.87. The fourth-order valence-corrected chi connectivity index (χ4v) is 1.87. The van der Waals surface area contributed by atoms with Gasteiger partial charge in [0.1, 0.15) is 13.2 Å².